The second-order valence-corrected chi connectivity index (χ2v) is 3.04. The van der Waals surface area contributed by atoms with E-state index < -0.39 is 6.29 Å². The minimum Gasteiger partial charge on any atom is -0.366 e. The van der Waals surface area contributed by atoms with Crippen LogP contribution in [-0.2, 0) is 4.74 Å². The monoisotopic (exact) mass is 140 g/mol. The summed E-state index contributed by atoms with van der Waals surface area (Å²) in [6, 6.07) is 0. The molecule has 1 N–H and O–H groups in total. The van der Waals surface area contributed by atoms with E-state index in [1.165, 1.54) is 6.42 Å². The Kier molecular flexibility index (Phi) is 1.51. The van der Waals surface area contributed by atoms with Crippen LogP contribution in [0.25, 0.3) is 0 Å². The summed E-state index contributed by atoms with van der Waals surface area (Å²) in [6.07, 6.45) is 7.51. The van der Waals surface area contributed by atoms with Gasteiger partial charge >= 0.3 is 0 Å². The molecule has 0 saturated carbocycles. The van der Waals surface area contributed by atoms with Gasteiger partial charge in [0.15, 0.2) is 6.29 Å². The van der Waals surface area contributed by atoms with E-state index in [9.17, 15) is 0 Å². The molecule has 1 aliphatic heterocycles. The molecule has 1 fully saturated rings. The zero-order valence-electron chi connectivity index (χ0n) is 5.86. The van der Waals surface area contributed by atoms with E-state index in [0.29, 0.717) is 5.92 Å². The van der Waals surface area contributed by atoms with E-state index in [1.54, 1.807) is 0 Å². The molecule has 0 aromatic heterocycles. The van der Waals surface area contributed by atoms with Gasteiger partial charge in [0.2, 0.25) is 0 Å². The molecular weight excluding hydrogens is 128 g/mol. The van der Waals surface area contributed by atoms with Crippen LogP contribution in [0.4, 0.5) is 0 Å². The normalized spacial score (nSPS) is 45.5. The topological polar surface area (TPSA) is 32.8 Å². The van der Waals surface area contributed by atoms with Gasteiger partial charge in [-0.25, -0.2) is 0 Å². The lowest BCUT2D eigenvalue weighted by Crippen LogP contribution is -2.11. The highest BCUT2D eigenvalue weighted by Gasteiger charge is 2.42. The minimum atomic E-state index is -0.448. The average Bonchev–Trinajstić information content (AvgIpc) is 2.69. The number of allylic oxidation sites excluding steroid dienone is 2. The molecule has 10 heavy (non-hydrogen) atoms. The van der Waals surface area contributed by atoms with Crippen molar-refractivity contribution in [3.05, 3.63) is 12.2 Å². The Morgan fingerprint density at radius 3 is 2.70 bits per heavy atom. The number of aliphatic hydroxyl groups is 1. The molecule has 2 aliphatic rings. The lowest BCUT2D eigenvalue weighted by Gasteiger charge is -2.13. The van der Waals surface area contributed by atoms with Crippen molar-refractivity contribution in [2.24, 2.45) is 5.92 Å². The molecule has 1 saturated heterocycles. The fourth-order valence-corrected chi connectivity index (χ4v) is 1.57. The fraction of sp³-hybridized carbons (Fsp3) is 0.750. The third kappa shape index (κ3) is 1.09. The minimum absolute atomic E-state index is 0.157. The third-order valence-electron chi connectivity index (χ3n) is 2.28. The van der Waals surface area contributed by atoms with Crippen LogP contribution < -0.4 is 0 Å². The standard InChI is InChI=1S/C8H12O2/c9-8-7(10-8)6-4-2-1-3-5-6/h1-2,6-9H,3-5H2/t6-,7?,8?/m0/s1. The SMILES string of the molecule is OC1OC1[C@H]1CC=CCC1. The van der Waals surface area contributed by atoms with E-state index >= 15 is 0 Å². The first kappa shape index (κ1) is 6.38. The van der Waals surface area contributed by atoms with Crippen molar-refractivity contribution < 1.29 is 9.84 Å². The van der Waals surface area contributed by atoms with E-state index in [0.717, 1.165) is 12.8 Å². The summed E-state index contributed by atoms with van der Waals surface area (Å²) >= 11 is 0. The molecule has 2 unspecified atom stereocenters. The molecule has 2 rings (SSSR count). The van der Waals surface area contributed by atoms with Gasteiger partial charge in [-0.1, -0.05) is 12.2 Å². The number of ether oxygens (including phenoxy) is 1. The third-order valence-corrected chi connectivity index (χ3v) is 2.28. The highest BCUT2D eigenvalue weighted by molar-refractivity contribution is 4.96. The molecular formula is C8H12O2. The maximum atomic E-state index is 8.93. The molecule has 2 heteroatoms. The molecule has 0 aromatic rings. The zero-order chi connectivity index (χ0) is 6.97. The molecule has 1 heterocycles. The predicted molar refractivity (Wildman–Crippen MR) is 37.4 cm³/mol. The summed E-state index contributed by atoms with van der Waals surface area (Å²) in [5.74, 6) is 0.583. The first-order valence-electron chi connectivity index (χ1n) is 3.86. The van der Waals surface area contributed by atoms with Gasteiger partial charge < -0.3 is 9.84 Å². The maximum Gasteiger partial charge on any atom is 0.182 e. The molecule has 0 spiro atoms. The summed E-state index contributed by atoms with van der Waals surface area (Å²) in [4.78, 5) is 0. The number of rotatable bonds is 1. The van der Waals surface area contributed by atoms with Crippen molar-refractivity contribution in [2.45, 2.75) is 31.7 Å². The van der Waals surface area contributed by atoms with Crippen molar-refractivity contribution >= 4 is 0 Å². The van der Waals surface area contributed by atoms with Crippen LogP contribution in [-0.4, -0.2) is 17.5 Å². The summed E-state index contributed by atoms with van der Waals surface area (Å²) in [7, 11) is 0. The summed E-state index contributed by atoms with van der Waals surface area (Å²) < 4.78 is 4.98. The van der Waals surface area contributed by atoms with Gasteiger partial charge in [0.05, 0.1) is 0 Å². The second-order valence-electron chi connectivity index (χ2n) is 3.04. The maximum absolute atomic E-state index is 8.93. The summed E-state index contributed by atoms with van der Waals surface area (Å²) in [6.45, 7) is 0. The van der Waals surface area contributed by atoms with Gasteiger partial charge in [-0.05, 0) is 25.2 Å². The fourth-order valence-electron chi connectivity index (χ4n) is 1.57. The van der Waals surface area contributed by atoms with Crippen molar-refractivity contribution in [1.29, 1.82) is 0 Å². The van der Waals surface area contributed by atoms with Crippen molar-refractivity contribution in [3.63, 3.8) is 0 Å². The Balaban J connectivity index is 1.88. The van der Waals surface area contributed by atoms with E-state index in [-0.39, 0.29) is 6.10 Å². The van der Waals surface area contributed by atoms with Gasteiger partial charge in [-0.3, -0.25) is 0 Å². The average molecular weight is 140 g/mol. The van der Waals surface area contributed by atoms with Crippen molar-refractivity contribution in [2.75, 3.05) is 0 Å². The zero-order valence-corrected chi connectivity index (χ0v) is 5.86. The van der Waals surface area contributed by atoms with Crippen LogP contribution in [0.1, 0.15) is 19.3 Å². The van der Waals surface area contributed by atoms with Gasteiger partial charge in [0, 0.05) is 0 Å². The van der Waals surface area contributed by atoms with E-state index in [2.05, 4.69) is 12.2 Å². The van der Waals surface area contributed by atoms with Crippen LogP contribution in [0.15, 0.2) is 12.2 Å². The molecule has 0 aromatic carbocycles. The van der Waals surface area contributed by atoms with Crippen molar-refractivity contribution in [3.8, 4) is 0 Å². The quantitative estimate of drug-likeness (QED) is 0.436. The first-order valence-corrected chi connectivity index (χ1v) is 3.86. The number of hydrogen-bond acceptors (Lipinski definition) is 2. The molecule has 0 bridgehead atoms. The smallest absolute Gasteiger partial charge is 0.182 e. The summed E-state index contributed by atoms with van der Waals surface area (Å²) in [5, 5.41) is 8.93. The molecule has 3 atom stereocenters. The highest BCUT2D eigenvalue weighted by atomic mass is 16.7. The Morgan fingerprint density at radius 2 is 2.20 bits per heavy atom. The molecule has 1 aliphatic carbocycles. The lowest BCUT2D eigenvalue weighted by atomic mass is 9.91. The predicted octanol–water partition coefficient (Wildman–Crippen LogP) is 1.06. The van der Waals surface area contributed by atoms with Gasteiger partial charge in [-0.2, -0.15) is 0 Å². The Labute approximate surface area is 60.5 Å². The lowest BCUT2D eigenvalue weighted by molar-refractivity contribution is 0.155. The second kappa shape index (κ2) is 2.36. The molecule has 0 radical (unpaired) electrons. The Morgan fingerprint density at radius 1 is 1.40 bits per heavy atom. The van der Waals surface area contributed by atoms with Crippen LogP contribution in [0.5, 0.6) is 0 Å². The number of epoxide rings is 1. The molecule has 0 amide bonds. The van der Waals surface area contributed by atoms with Crippen LogP contribution >= 0.6 is 0 Å². The number of hydrogen-bond donors (Lipinski definition) is 1. The Bertz CT molecular complexity index is 153. The Hall–Kier alpha value is -0.340. The molecule has 56 valence electrons. The van der Waals surface area contributed by atoms with Gasteiger partial charge in [0.1, 0.15) is 6.10 Å². The van der Waals surface area contributed by atoms with Crippen molar-refractivity contribution in [1.82, 2.24) is 0 Å². The molecule has 2 nitrogen and oxygen atoms in total. The first-order chi connectivity index (χ1) is 4.88. The van der Waals surface area contributed by atoms with E-state index in [1.807, 2.05) is 0 Å². The van der Waals surface area contributed by atoms with Crippen LogP contribution in [0.3, 0.4) is 0 Å². The van der Waals surface area contributed by atoms with Gasteiger partial charge in [0.25, 0.3) is 0 Å². The van der Waals surface area contributed by atoms with E-state index in [4.69, 9.17) is 9.84 Å². The number of aliphatic hydroxyl groups excluding tert-OH is 1. The van der Waals surface area contributed by atoms with Crippen LogP contribution in [0.2, 0.25) is 0 Å². The summed E-state index contributed by atoms with van der Waals surface area (Å²) in [5.41, 5.74) is 0. The largest absolute Gasteiger partial charge is 0.366 e. The van der Waals surface area contributed by atoms with Gasteiger partial charge in [-0.15, -0.1) is 0 Å². The highest BCUT2D eigenvalue weighted by Crippen LogP contribution is 2.34. The van der Waals surface area contributed by atoms with Crippen LogP contribution in [0, 0.1) is 5.92 Å².